The molecule has 4 aromatic heterocycles. The van der Waals surface area contributed by atoms with E-state index >= 15 is 0 Å². The molecule has 6 rings (SSSR count). The fraction of sp³-hybridized carbons (Fsp3) is 0.407. The zero-order valence-electron chi connectivity index (χ0n) is 21.9. The van der Waals surface area contributed by atoms with Crippen LogP contribution in [0.15, 0.2) is 36.8 Å². The molecule has 1 amide bonds. The van der Waals surface area contributed by atoms with E-state index in [0.717, 1.165) is 43.7 Å². The van der Waals surface area contributed by atoms with Gasteiger partial charge in [0.2, 0.25) is 5.95 Å². The van der Waals surface area contributed by atoms with Gasteiger partial charge in [-0.05, 0) is 57.9 Å². The van der Waals surface area contributed by atoms with E-state index in [1.54, 1.807) is 24.5 Å². The lowest BCUT2D eigenvalue weighted by Gasteiger charge is -2.19. The third-order valence-corrected chi connectivity index (χ3v) is 7.46. The number of amides is 1. The maximum absolute atomic E-state index is 14.8. The lowest BCUT2D eigenvalue weighted by atomic mass is 10.0. The molecule has 2 aliphatic heterocycles. The number of nitrogens with zero attached hydrogens (tertiary/aromatic N) is 8. The van der Waals surface area contributed by atoms with Gasteiger partial charge in [0.25, 0.3) is 5.91 Å². The summed E-state index contributed by atoms with van der Waals surface area (Å²) in [4.78, 5) is 39.1. The maximum atomic E-state index is 14.8. The van der Waals surface area contributed by atoms with Crippen LogP contribution < -0.4 is 5.32 Å². The smallest absolute Gasteiger partial charge is 0.255 e. The number of aromatic nitrogens is 6. The predicted molar refractivity (Wildman–Crippen MR) is 142 cm³/mol. The Hall–Kier alpha value is -3.99. The van der Waals surface area contributed by atoms with Crippen LogP contribution in [-0.4, -0.2) is 78.4 Å². The Kier molecular flexibility index (Phi) is 6.02. The monoisotopic (exact) mass is 515 g/mol. The molecule has 0 aromatic carbocycles. The Morgan fingerprint density at radius 1 is 1.03 bits per heavy atom. The molecular formula is C27H30FN9O. The summed E-state index contributed by atoms with van der Waals surface area (Å²) in [6.07, 6.45) is 4.25. The zero-order valence-corrected chi connectivity index (χ0v) is 21.9. The number of halogens is 1. The molecule has 2 saturated heterocycles. The minimum absolute atomic E-state index is 0.000175. The van der Waals surface area contributed by atoms with Crippen LogP contribution >= 0.6 is 0 Å². The van der Waals surface area contributed by atoms with Gasteiger partial charge in [-0.1, -0.05) is 0 Å². The first-order chi connectivity index (χ1) is 18.3. The molecule has 2 unspecified atom stereocenters. The topological polar surface area (TPSA) is 105 Å². The number of carbonyl (C=O) groups excluding carboxylic acids is 1. The average Bonchev–Trinajstić information content (AvgIpc) is 3.54. The molecule has 0 aliphatic carbocycles. The minimum atomic E-state index is -0.556. The molecule has 38 heavy (non-hydrogen) atoms. The van der Waals surface area contributed by atoms with Crippen molar-refractivity contribution in [2.24, 2.45) is 11.8 Å². The van der Waals surface area contributed by atoms with Crippen molar-refractivity contribution < 1.29 is 9.18 Å². The van der Waals surface area contributed by atoms with E-state index in [2.05, 4.69) is 60.6 Å². The first-order valence-corrected chi connectivity index (χ1v) is 12.8. The Bertz CT molecular complexity index is 1500. The quantitative estimate of drug-likeness (QED) is 0.429. The van der Waals surface area contributed by atoms with Gasteiger partial charge in [0.15, 0.2) is 11.5 Å². The minimum Gasteiger partial charge on any atom is -0.338 e. The van der Waals surface area contributed by atoms with Crippen molar-refractivity contribution in [2.45, 2.75) is 26.8 Å². The van der Waals surface area contributed by atoms with Crippen LogP contribution in [0.25, 0.3) is 22.4 Å². The number of fused-ring (bicyclic) bond motifs is 2. The number of hydrogen-bond acceptors (Lipinski definition) is 8. The molecule has 196 valence electrons. The van der Waals surface area contributed by atoms with Crippen LogP contribution in [0.3, 0.4) is 0 Å². The van der Waals surface area contributed by atoms with Crippen LogP contribution in [0.2, 0.25) is 0 Å². The molecular weight excluding hydrogens is 485 g/mol. The fourth-order valence-corrected chi connectivity index (χ4v) is 5.79. The highest BCUT2D eigenvalue weighted by molar-refractivity contribution is 5.94. The second-order valence-corrected chi connectivity index (χ2v) is 10.6. The normalized spacial score (nSPS) is 19.5. The largest absolute Gasteiger partial charge is 0.338 e. The summed E-state index contributed by atoms with van der Waals surface area (Å²) >= 11 is 0. The number of nitrogens with one attached hydrogen (secondary N) is 1. The van der Waals surface area contributed by atoms with Gasteiger partial charge in [0, 0.05) is 50.2 Å². The van der Waals surface area contributed by atoms with Gasteiger partial charge in [0.05, 0.1) is 17.3 Å². The SMILES string of the molecule is Cc1nc2ncc(-c3nc(Nc4ccc(C(=O)N5CC6CN(C)CC6C5)cn4)ncc3F)cc2n1C(C)C. The molecule has 0 bridgehead atoms. The summed E-state index contributed by atoms with van der Waals surface area (Å²) in [7, 11) is 2.13. The lowest BCUT2D eigenvalue weighted by Crippen LogP contribution is -2.32. The van der Waals surface area contributed by atoms with Crippen molar-refractivity contribution in [3.05, 3.63) is 54.0 Å². The number of hydrogen-bond donors (Lipinski definition) is 1. The molecule has 2 fully saturated rings. The summed E-state index contributed by atoms with van der Waals surface area (Å²) in [5.74, 6) is 2.04. The van der Waals surface area contributed by atoms with E-state index in [4.69, 9.17) is 0 Å². The van der Waals surface area contributed by atoms with Crippen LogP contribution in [0, 0.1) is 24.6 Å². The highest BCUT2D eigenvalue weighted by Gasteiger charge is 2.40. The number of rotatable bonds is 5. The lowest BCUT2D eigenvalue weighted by molar-refractivity contribution is 0.0775. The van der Waals surface area contributed by atoms with Gasteiger partial charge in [-0.25, -0.2) is 29.3 Å². The summed E-state index contributed by atoms with van der Waals surface area (Å²) in [5.41, 5.74) is 2.62. The van der Waals surface area contributed by atoms with Crippen LogP contribution in [0.4, 0.5) is 16.2 Å². The third-order valence-electron chi connectivity index (χ3n) is 7.46. The van der Waals surface area contributed by atoms with Crippen molar-refractivity contribution in [2.75, 3.05) is 38.5 Å². The van der Waals surface area contributed by atoms with Crippen LogP contribution in [0.5, 0.6) is 0 Å². The van der Waals surface area contributed by atoms with E-state index < -0.39 is 5.82 Å². The number of imidazole rings is 1. The molecule has 2 atom stereocenters. The van der Waals surface area contributed by atoms with E-state index in [-0.39, 0.29) is 23.6 Å². The van der Waals surface area contributed by atoms with Gasteiger partial charge in [-0.15, -0.1) is 0 Å². The number of anilines is 2. The van der Waals surface area contributed by atoms with Gasteiger partial charge >= 0.3 is 0 Å². The molecule has 4 aromatic rings. The van der Waals surface area contributed by atoms with Crippen molar-refractivity contribution >= 4 is 28.8 Å². The molecule has 0 radical (unpaired) electrons. The summed E-state index contributed by atoms with van der Waals surface area (Å²) in [5, 5.41) is 3.02. The number of aryl methyl sites for hydroxylation is 1. The Balaban J connectivity index is 1.20. The molecule has 0 saturated carbocycles. The van der Waals surface area contributed by atoms with Crippen LogP contribution in [-0.2, 0) is 0 Å². The zero-order chi connectivity index (χ0) is 26.6. The van der Waals surface area contributed by atoms with Gasteiger partial charge in [-0.3, -0.25) is 4.79 Å². The summed E-state index contributed by atoms with van der Waals surface area (Å²) in [6.45, 7) is 9.72. The molecule has 2 aliphatic rings. The van der Waals surface area contributed by atoms with Crippen LogP contribution in [0.1, 0.15) is 36.1 Å². The molecule has 0 spiro atoms. The molecule has 1 N–H and O–H groups in total. The third kappa shape index (κ3) is 4.36. The Morgan fingerprint density at radius 3 is 2.47 bits per heavy atom. The second kappa shape index (κ2) is 9.39. The highest BCUT2D eigenvalue weighted by atomic mass is 19.1. The second-order valence-electron chi connectivity index (χ2n) is 10.6. The van der Waals surface area contributed by atoms with Crippen molar-refractivity contribution in [3.8, 4) is 11.3 Å². The first kappa shape index (κ1) is 24.4. The molecule has 6 heterocycles. The molecule has 10 nitrogen and oxygen atoms in total. The number of carbonyl (C=O) groups is 1. The number of likely N-dealkylation sites (tertiary alicyclic amines) is 2. The fourth-order valence-electron chi connectivity index (χ4n) is 5.79. The Morgan fingerprint density at radius 2 is 1.79 bits per heavy atom. The van der Waals surface area contributed by atoms with Crippen molar-refractivity contribution in [1.29, 1.82) is 0 Å². The molecule has 11 heteroatoms. The summed E-state index contributed by atoms with van der Waals surface area (Å²) < 4.78 is 16.9. The van der Waals surface area contributed by atoms with Gasteiger partial charge < -0.3 is 19.7 Å². The van der Waals surface area contributed by atoms with Gasteiger partial charge in [-0.2, -0.15) is 0 Å². The van der Waals surface area contributed by atoms with E-state index in [1.165, 1.54) is 0 Å². The summed E-state index contributed by atoms with van der Waals surface area (Å²) in [6, 6.07) is 5.48. The number of pyridine rings is 2. The standard InChI is InChI=1S/C27H30FN9O/c1-15(2)37-16(3)32-25-22(37)7-18(9-30-25)24-21(28)10-31-27(34-24)33-23-6-5-17(8-29-23)26(38)36-13-19-11-35(4)12-20(19)14-36/h5-10,15,19-20H,11-14H2,1-4H3,(H,29,31,33,34). The van der Waals surface area contributed by atoms with Crippen molar-refractivity contribution in [3.63, 3.8) is 0 Å². The maximum Gasteiger partial charge on any atom is 0.255 e. The van der Waals surface area contributed by atoms with E-state index in [1.807, 2.05) is 17.9 Å². The first-order valence-electron chi connectivity index (χ1n) is 12.8. The Labute approximate surface area is 220 Å². The average molecular weight is 516 g/mol. The van der Waals surface area contributed by atoms with E-state index in [0.29, 0.717) is 34.4 Å². The van der Waals surface area contributed by atoms with Crippen molar-refractivity contribution in [1.82, 2.24) is 39.3 Å². The highest BCUT2D eigenvalue weighted by Crippen LogP contribution is 2.31. The predicted octanol–water partition coefficient (Wildman–Crippen LogP) is 3.69. The van der Waals surface area contributed by atoms with Gasteiger partial charge in [0.1, 0.15) is 17.3 Å². The van der Waals surface area contributed by atoms with E-state index in [9.17, 15) is 9.18 Å².